The fourth-order valence-electron chi connectivity index (χ4n) is 3.56. The molecule has 4 rings (SSSR count). The van der Waals surface area contributed by atoms with Crippen LogP contribution in [0.3, 0.4) is 0 Å². The number of ether oxygens (including phenoxy) is 2. The van der Waals surface area contributed by atoms with E-state index in [0.717, 1.165) is 16.9 Å². The molecule has 0 spiro atoms. The molecule has 0 aliphatic carbocycles. The highest BCUT2D eigenvalue weighted by molar-refractivity contribution is 6.32. The minimum atomic E-state index is -0.684. The third-order valence-electron chi connectivity index (χ3n) is 5.05. The van der Waals surface area contributed by atoms with E-state index in [9.17, 15) is 9.18 Å². The Bertz CT molecular complexity index is 1290. The topological polar surface area (TPSA) is 66.2 Å². The number of nitrogens with zero attached hydrogens (tertiary/aromatic N) is 3. The Hall–Kier alpha value is -3.45. The molecule has 0 fully saturated rings. The molecule has 6 nitrogen and oxygen atoms in total. The summed E-state index contributed by atoms with van der Waals surface area (Å²) in [5.74, 6) is 0.0601. The number of aldehydes is 1. The van der Waals surface area contributed by atoms with Crippen LogP contribution in [0.15, 0.2) is 42.6 Å². The minimum Gasteiger partial charge on any atom is -0.497 e. The summed E-state index contributed by atoms with van der Waals surface area (Å²) in [4.78, 5) is 20.7. The summed E-state index contributed by atoms with van der Waals surface area (Å²) in [6.45, 7) is 2.39. The van der Waals surface area contributed by atoms with Gasteiger partial charge in [0.1, 0.15) is 17.1 Å². The van der Waals surface area contributed by atoms with Crippen LogP contribution >= 0.6 is 11.6 Å². The van der Waals surface area contributed by atoms with Gasteiger partial charge < -0.3 is 14.0 Å². The van der Waals surface area contributed by atoms with Crippen molar-refractivity contribution in [2.24, 2.45) is 0 Å². The van der Waals surface area contributed by atoms with Crippen LogP contribution in [0.4, 0.5) is 4.39 Å². The Labute approximate surface area is 183 Å². The molecule has 0 aliphatic heterocycles. The third kappa shape index (κ3) is 3.72. The summed E-state index contributed by atoms with van der Waals surface area (Å²) in [5, 5.41) is 0.771. The van der Waals surface area contributed by atoms with E-state index in [1.165, 1.54) is 19.2 Å². The molecule has 31 heavy (non-hydrogen) atoms. The molecule has 0 saturated heterocycles. The zero-order valence-corrected chi connectivity index (χ0v) is 17.9. The van der Waals surface area contributed by atoms with Gasteiger partial charge in [0.05, 0.1) is 30.2 Å². The van der Waals surface area contributed by atoms with Gasteiger partial charge in [-0.3, -0.25) is 4.79 Å². The summed E-state index contributed by atoms with van der Waals surface area (Å²) in [5.41, 5.74) is 2.70. The number of carbonyl (C=O) groups excluding carboxylic acids is 1. The SMILES string of the molecule is COc1ccc(Cn2cc(C)c3c(C=O)nc(-c4ccc(Cl)c(OC)c4F)nc32)cc1. The normalized spacial score (nSPS) is 11.0. The zero-order valence-electron chi connectivity index (χ0n) is 17.1. The first-order valence-corrected chi connectivity index (χ1v) is 9.82. The second kappa shape index (κ2) is 8.35. The third-order valence-corrected chi connectivity index (χ3v) is 5.35. The van der Waals surface area contributed by atoms with Gasteiger partial charge in [0.25, 0.3) is 0 Å². The largest absolute Gasteiger partial charge is 0.497 e. The lowest BCUT2D eigenvalue weighted by molar-refractivity contribution is 0.112. The summed E-state index contributed by atoms with van der Waals surface area (Å²) < 4.78 is 27.2. The van der Waals surface area contributed by atoms with Crippen molar-refractivity contribution in [3.63, 3.8) is 0 Å². The molecular formula is C23H19ClFN3O3. The average Bonchev–Trinajstić information content (AvgIpc) is 3.09. The smallest absolute Gasteiger partial charge is 0.177 e. The fourth-order valence-corrected chi connectivity index (χ4v) is 3.78. The first-order valence-electron chi connectivity index (χ1n) is 9.44. The standard InChI is InChI=1S/C23H19ClFN3O3/c1-13-10-28(11-14-4-6-15(30-2)7-5-14)23-19(13)18(12-29)26-22(27-23)16-8-9-17(24)21(31-3)20(16)25/h4-10,12H,11H2,1-3H3. The Balaban J connectivity index is 1.88. The average molecular weight is 440 g/mol. The lowest BCUT2D eigenvalue weighted by Crippen LogP contribution is -2.04. The van der Waals surface area contributed by atoms with Crippen molar-refractivity contribution in [3.05, 3.63) is 70.3 Å². The molecule has 4 aromatic rings. The maximum absolute atomic E-state index is 15.0. The fraction of sp³-hybridized carbons (Fsp3) is 0.174. The van der Waals surface area contributed by atoms with Gasteiger partial charge >= 0.3 is 0 Å². The maximum Gasteiger partial charge on any atom is 0.177 e. The second-order valence-corrected chi connectivity index (χ2v) is 7.39. The Morgan fingerprint density at radius 3 is 2.48 bits per heavy atom. The number of carbonyl (C=O) groups is 1. The number of aryl methyl sites for hydroxylation is 1. The molecule has 2 aromatic carbocycles. The van der Waals surface area contributed by atoms with Gasteiger partial charge in [-0.05, 0) is 42.3 Å². The molecule has 2 aromatic heterocycles. The molecule has 0 N–H and O–H groups in total. The summed E-state index contributed by atoms with van der Waals surface area (Å²) in [6, 6.07) is 10.6. The van der Waals surface area contributed by atoms with Crippen LogP contribution in [0.1, 0.15) is 21.6 Å². The van der Waals surface area contributed by atoms with Crippen molar-refractivity contribution in [1.82, 2.24) is 14.5 Å². The van der Waals surface area contributed by atoms with Crippen LogP contribution in [0, 0.1) is 12.7 Å². The van der Waals surface area contributed by atoms with Crippen molar-refractivity contribution < 1.29 is 18.7 Å². The van der Waals surface area contributed by atoms with E-state index < -0.39 is 5.82 Å². The first-order chi connectivity index (χ1) is 15.0. The van der Waals surface area contributed by atoms with E-state index in [1.807, 2.05) is 42.0 Å². The number of benzene rings is 2. The molecule has 8 heteroatoms. The predicted octanol–water partition coefficient (Wildman–Crippen LogP) is 5.08. The molecule has 0 atom stereocenters. The molecule has 0 aliphatic rings. The summed E-state index contributed by atoms with van der Waals surface area (Å²) >= 11 is 6.01. The van der Waals surface area contributed by atoms with Gasteiger partial charge in [-0.1, -0.05) is 23.7 Å². The number of hydrogen-bond donors (Lipinski definition) is 0. The molecule has 0 amide bonds. The van der Waals surface area contributed by atoms with Gasteiger partial charge in [-0.2, -0.15) is 0 Å². The molecule has 158 valence electrons. The summed E-state index contributed by atoms with van der Waals surface area (Å²) in [7, 11) is 2.94. The molecule has 0 unspecified atom stereocenters. The lowest BCUT2D eigenvalue weighted by atomic mass is 10.1. The minimum absolute atomic E-state index is 0.0798. The lowest BCUT2D eigenvalue weighted by Gasteiger charge is -2.11. The van der Waals surface area contributed by atoms with E-state index in [-0.39, 0.29) is 27.9 Å². The quantitative estimate of drug-likeness (QED) is 0.392. The van der Waals surface area contributed by atoms with E-state index in [1.54, 1.807) is 7.11 Å². The maximum atomic E-state index is 15.0. The highest BCUT2D eigenvalue weighted by Crippen LogP contribution is 2.35. The molecule has 2 heterocycles. The highest BCUT2D eigenvalue weighted by Gasteiger charge is 2.20. The van der Waals surface area contributed by atoms with Crippen molar-refractivity contribution >= 4 is 28.9 Å². The van der Waals surface area contributed by atoms with Crippen LogP contribution in [0.5, 0.6) is 11.5 Å². The van der Waals surface area contributed by atoms with E-state index in [0.29, 0.717) is 23.9 Å². The van der Waals surface area contributed by atoms with Crippen molar-refractivity contribution in [3.8, 4) is 22.9 Å². The number of methoxy groups -OCH3 is 2. The molecule has 0 radical (unpaired) electrons. The monoisotopic (exact) mass is 439 g/mol. The van der Waals surface area contributed by atoms with Gasteiger partial charge in [-0.25, -0.2) is 14.4 Å². The Kier molecular flexibility index (Phi) is 5.61. The highest BCUT2D eigenvalue weighted by atomic mass is 35.5. The van der Waals surface area contributed by atoms with Gasteiger partial charge in [0.15, 0.2) is 23.7 Å². The van der Waals surface area contributed by atoms with Crippen LogP contribution in [0.2, 0.25) is 5.02 Å². The Morgan fingerprint density at radius 1 is 1.10 bits per heavy atom. The predicted molar refractivity (Wildman–Crippen MR) is 117 cm³/mol. The van der Waals surface area contributed by atoms with Crippen molar-refractivity contribution in [2.45, 2.75) is 13.5 Å². The van der Waals surface area contributed by atoms with Crippen LogP contribution in [-0.4, -0.2) is 35.0 Å². The number of halogens is 2. The number of aromatic nitrogens is 3. The van der Waals surface area contributed by atoms with Crippen molar-refractivity contribution in [1.29, 1.82) is 0 Å². The molecule has 0 saturated carbocycles. The zero-order chi connectivity index (χ0) is 22.1. The summed E-state index contributed by atoms with van der Waals surface area (Å²) in [6.07, 6.45) is 2.56. The van der Waals surface area contributed by atoms with E-state index >= 15 is 0 Å². The van der Waals surface area contributed by atoms with Crippen LogP contribution in [0.25, 0.3) is 22.4 Å². The Morgan fingerprint density at radius 2 is 1.84 bits per heavy atom. The number of rotatable bonds is 6. The molecule has 0 bridgehead atoms. The van der Waals surface area contributed by atoms with Gasteiger partial charge in [-0.15, -0.1) is 0 Å². The second-order valence-electron chi connectivity index (χ2n) is 6.98. The number of hydrogen-bond acceptors (Lipinski definition) is 5. The first kappa shape index (κ1) is 20.8. The van der Waals surface area contributed by atoms with Crippen LogP contribution < -0.4 is 9.47 Å². The molecular weight excluding hydrogens is 421 g/mol. The van der Waals surface area contributed by atoms with E-state index in [4.69, 9.17) is 21.1 Å². The number of fused-ring (bicyclic) bond motifs is 1. The van der Waals surface area contributed by atoms with Gasteiger partial charge in [0, 0.05) is 12.7 Å². The van der Waals surface area contributed by atoms with Crippen LogP contribution in [-0.2, 0) is 6.54 Å². The van der Waals surface area contributed by atoms with Crippen molar-refractivity contribution in [2.75, 3.05) is 14.2 Å². The van der Waals surface area contributed by atoms with Gasteiger partial charge in [0.2, 0.25) is 0 Å². The van der Waals surface area contributed by atoms with E-state index in [2.05, 4.69) is 9.97 Å².